The lowest BCUT2D eigenvalue weighted by Crippen LogP contribution is -2.02. The molecule has 68 heavy (non-hydrogen) atoms. The number of hydrogen-bond acceptors (Lipinski definition) is 3. The number of para-hydroxylation sites is 4. The van der Waals surface area contributed by atoms with Crippen molar-refractivity contribution in [3.8, 4) is 78.9 Å². The van der Waals surface area contributed by atoms with Crippen molar-refractivity contribution in [1.82, 2.24) is 24.1 Å². The van der Waals surface area contributed by atoms with Crippen LogP contribution >= 0.6 is 0 Å². The zero-order chi connectivity index (χ0) is 45.0. The monoisotopic (exact) mass is 867 g/mol. The van der Waals surface area contributed by atoms with Crippen LogP contribution in [0, 0.1) is 0 Å². The highest BCUT2D eigenvalue weighted by atomic mass is 15.0. The molecular formula is C63H41N5. The first-order valence-electron chi connectivity index (χ1n) is 23.0. The molecule has 0 unspecified atom stereocenters. The summed E-state index contributed by atoms with van der Waals surface area (Å²) in [5.41, 5.74) is 16.3. The maximum Gasteiger partial charge on any atom is 0.164 e. The highest BCUT2D eigenvalue weighted by molar-refractivity contribution is 6.11. The minimum atomic E-state index is 0.605. The van der Waals surface area contributed by atoms with Crippen molar-refractivity contribution >= 4 is 43.6 Å². The third-order valence-electron chi connectivity index (χ3n) is 13.2. The summed E-state index contributed by atoms with van der Waals surface area (Å²) >= 11 is 0. The van der Waals surface area contributed by atoms with E-state index >= 15 is 0 Å². The summed E-state index contributed by atoms with van der Waals surface area (Å²) in [5.74, 6) is 1.83. The van der Waals surface area contributed by atoms with E-state index in [9.17, 15) is 0 Å². The van der Waals surface area contributed by atoms with Crippen molar-refractivity contribution in [2.75, 3.05) is 0 Å². The SMILES string of the molecule is c1ccc(-c2ccc(-n3c4ccccc4c4ccccc43)c(-c3ccc(-c4nc(-c5ccccc5)nc(-c5ccc(-n6c7ccccc7c7ccccc76)c(-c6ccccc6)c5)n4)cc3)c2)cc1. The van der Waals surface area contributed by atoms with Gasteiger partial charge in [-0.2, -0.15) is 0 Å². The first-order valence-corrected chi connectivity index (χ1v) is 23.0. The first kappa shape index (κ1) is 39.2. The fourth-order valence-corrected chi connectivity index (χ4v) is 10.0. The van der Waals surface area contributed by atoms with E-state index in [0.717, 1.165) is 66.9 Å². The van der Waals surface area contributed by atoms with Gasteiger partial charge in [0.15, 0.2) is 17.5 Å². The molecule has 0 amide bonds. The van der Waals surface area contributed by atoms with Crippen LogP contribution in [0.2, 0.25) is 0 Å². The third kappa shape index (κ3) is 6.68. The lowest BCUT2D eigenvalue weighted by Gasteiger charge is -2.17. The molecule has 0 aliphatic rings. The van der Waals surface area contributed by atoms with E-state index in [1.165, 1.54) is 38.1 Å². The Morgan fingerprint density at radius 3 is 0.971 bits per heavy atom. The van der Waals surface area contributed by atoms with Crippen LogP contribution in [0.3, 0.4) is 0 Å². The molecular weight excluding hydrogens is 827 g/mol. The molecule has 0 aliphatic carbocycles. The van der Waals surface area contributed by atoms with E-state index in [1.54, 1.807) is 0 Å². The van der Waals surface area contributed by atoms with Crippen LogP contribution < -0.4 is 0 Å². The lowest BCUT2D eigenvalue weighted by atomic mass is 9.96. The minimum Gasteiger partial charge on any atom is -0.309 e. The van der Waals surface area contributed by atoms with Crippen LogP contribution in [-0.2, 0) is 0 Å². The largest absolute Gasteiger partial charge is 0.309 e. The number of fused-ring (bicyclic) bond motifs is 6. The minimum absolute atomic E-state index is 0.605. The van der Waals surface area contributed by atoms with Crippen LogP contribution in [0.4, 0.5) is 0 Å². The molecule has 3 aromatic heterocycles. The highest BCUT2D eigenvalue weighted by Crippen LogP contribution is 2.41. The molecule has 0 bridgehead atoms. The second-order valence-corrected chi connectivity index (χ2v) is 17.2. The predicted molar refractivity (Wildman–Crippen MR) is 281 cm³/mol. The zero-order valence-corrected chi connectivity index (χ0v) is 36.9. The molecule has 0 radical (unpaired) electrons. The average Bonchev–Trinajstić information content (AvgIpc) is 3.94. The second kappa shape index (κ2) is 16.4. The number of aromatic nitrogens is 5. The normalized spacial score (nSPS) is 11.5. The topological polar surface area (TPSA) is 48.5 Å². The first-order chi connectivity index (χ1) is 33.7. The van der Waals surface area contributed by atoms with Gasteiger partial charge in [-0.05, 0) is 76.9 Å². The highest BCUT2D eigenvalue weighted by Gasteiger charge is 2.20. The second-order valence-electron chi connectivity index (χ2n) is 17.2. The van der Waals surface area contributed by atoms with Gasteiger partial charge in [-0.15, -0.1) is 0 Å². The van der Waals surface area contributed by atoms with Gasteiger partial charge in [0, 0.05) is 49.4 Å². The summed E-state index contributed by atoms with van der Waals surface area (Å²) in [4.78, 5) is 15.6. The van der Waals surface area contributed by atoms with Crippen molar-refractivity contribution in [2.24, 2.45) is 0 Å². The van der Waals surface area contributed by atoms with E-state index in [-0.39, 0.29) is 0 Å². The third-order valence-corrected chi connectivity index (χ3v) is 13.2. The Hall–Kier alpha value is -9.19. The van der Waals surface area contributed by atoms with E-state index in [0.29, 0.717) is 17.5 Å². The number of nitrogens with zero attached hydrogens (tertiary/aromatic N) is 5. The Labute approximate surface area is 393 Å². The van der Waals surface area contributed by atoms with Crippen LogP contribution in [0.25, 0.3) is 123 Å². The van der Waals surface area contributed by atoms with Gasteiger partial charge < -0.3 is 9.13 Å². The van der Waals surface area contributed by atoms with Gasteiger partial charge in [-0.3, -0.25) is 0 Å². The molecule has 0 saturated carbocycles. The Balaban J connectivity index is 0.967. The molecule has 13 aromatic rings. The molecule has 5 nitrogen and oxygen atoms in total. The quantitative estimate of drug-likeness (QED) is 0.153. The Bertz CT molecular complexity index is 3900. The van der Waals surface area contributed by atoms with Crippen LogP contribution in [-0.4, -0.2) is 24.1 Å². The number of hydrogen-bond donors (Lipinski definition) is 0. The van der Waals surface area contributed by atoms with Crippen LogP contribution in [0.1, 0.15) is 0 Å². The molecule has 0 saturated heterocycles. The van der Waals surface area contributed by atoms with E-state index in [4.69, 9.17) is 15.0 Å². The molecule has 10 aromatic carbocycles. The molecule has 3 heterocycles. The molecule has 0 spiro atoms. The summed E-state index contributed by atoms with van der Waals surface area (Å²) < 4.78 is 4.79. The molecule has 318 valence electrons. The molecule has 0 fully saturated rings. The molecule has 5 heteroatoms. The summed E-state index contributed by atoms with van der Waals surface area (Å²) in [6.07, 6.45) is 0. The van der Waals surface area contributed by atoms with Gasteiger partial charge in [-0.25, -0.2) is 15.0 Å². The van der Waals surface area contributed by atoms with Crippen LogP contribution in [0.5, 0.6) is 0 Å². The van der Waals surface area contributed by atoms with Crippen molar-refractivity contribution < 1.29 is 0 Å². The van der Waals surface area contributed by atoms with E-state index in [1.807, 2.05) is 18.2 Å². The molecule has 0 N–H and O–H groups in total. The van der Waals surface area contributed by atoms with Gasteiger partial charge in [0.2, 0.25) is 0 Å². The number of rotatable bonds is 8. The van der Waals surface area contributed by atoms with E-state index in [2.05, 4.69) is 240 Å². The standard InChI is InChI=1S/C63H41N5/c1-4-18-42(19-5-1)47-36-38-59(67-55-28-14-10-24-49(55)50-25-11-15-29-56(50)67)53(40-47)44-32-34-46(35-33-44)62-64-61(45-22-8-3-9-23-45)65-63(66-62)48-37-39-60(54(41-48)43-20-6-2-7-21-43)68-57-30-16-12-26-51(57)52-27-13-17-31-58(52)68/h1-41H. The Morgan fingerprint density at radius 2 is 0.515 bits per heavy atom. The van der Waals surface area contributed by atoms with Gasteiger partial charge in [-0.1, -0.05) is 194 Å². The van der Waals surface area contributed by atoms with Crippen LogP contribution in [0.15, 0.2) is 249 Å². The fourth-order valence-electron chi connectivity index (χ4n) is 10.0. The maximum atomic E-state index is 5.28. The molecule has 0 aliphatic heterocycles. The van der Waals surface area contributed by atoms with E-state index < -0.39 is 0 Å². The maximum absolute atomic E-state index is 5.28. The fraction of sp³-hybridized carbons (Fsp3) is 0. The average molecular weight is 868 g/mol. The smallest absolute Gasteiger partial charge is 0.164 e. The predicted octanol–water partition coefficient (Wildman–Crippen LogP) is 16.1. The Kier molecular flexibility index (Phi) is 9.43. The van der Waals surface area contributed by atoms with Gasteiger partial charge >= 0.3 is 0 Å². The van der Waals surface area contributed by atoms with Crippen molar-refractivity contribution in [3.05, 3.63) is 249 Å². The summed E-state index contributed by atoms with van der Waals surface area (Å²) in [7, 11) is 0. The zero-order valence-electron chi connectivity index (χ0n) is 36.9. The van der Waals surface area contributed by atoms with Crippen molar-refractivity contribution in [2.45, 2.75) is 0 Å². The number of benzene rings is 10. The van der Waals surface area contributed by atoms with Crippen molar-refractivity contribution in [1.29, 1.82) is 0 Å². The molecule has 0 atom stereocenters. The van der Waals surface area contributed by atoms with Gasteiger partial charge in [0.25, 0.3) is 0 Å². The molecule has 13 rings (SSSR count). The van der Waals surface area contributed by atoms with Gasteiger partial charge in [0.1, 0.15) is 0 Å². The Morgan fingerprint density at radius 1 is 0.221 bits per heavy atom. The summed E-state index contributed by atoms with van der Waals surface area (Å²) in [6, 6.07) is 88.2. The summed E-state index contributed by atoms with van der Waals surface area (Å²) in [5, 5.41) is 4.90. The van der Waals surface area contributed by atoms with Crippen molar-refractivity contribution in [3.63, 3.8) is 0 Å². The van der Waals surface area contributed by atoms with Gasteiger partial charge in [0.05, 0.1) is 33.4 Å². The summed E-state index contributed by atoms with van der Waals surface area (Å²) in [6.45, 7) is 0. The lowest BCUT2D eigenvalue weighted by molar-refractivity contribution is 1.07.